The van der Waals surface area contributed by atoms with Gasteiger partial charge in [-0.3, -0.25) is 4.79 Å². The van der Waals surface area contributed by atoms with Crippen LogP contribution in [0.1, 0.15) is 26.2 Å². The molecule has 1 amide bonds. The van der Waals surface area contributed by atoms with Crippen LogP contribution in [0.15, 0.2) is 12.4 Å². The van der Waals surface area contributed by atoms with Crippen LogP contribution in [-0.4, -0.2) is 67.4 Å². The number of aromatic nitrogens is 2. The Balaban J connectivity index is 1.62. The average Bonchev–Trinajstić information content (AvgIpc) is 2.62. The summed E-state index contributed by atoms with van der Waals surface area (Å²) >= 11 is 0. The van der Waals surface area contributed by atoms with Crippen LogP contribution in [0.5, 0.6) is 0 Å². The zero-order valence-corrected chi connectivity index (χ0v) is 14.9. The summed E-state index contributed by atoms with van der Waals surface area (Å²) in [4.78, 5) is 25.3. The lowest BCUT2D eigenvalue weighted by Crippen LogP contribution is -2.48. The van der Waals surface area contributed by atoms with Gasteiger partial charge in [0.15, 0.2) is 0 Å². The van der Waals surface area contributed by atoms with Crippen molar-refractivity contribution in [2.24, 2.45) is 5.73 Å². The number of nitrogens with two attached hydrogens (primary N) is 1. The summed E-state index contributed by atoms with van der Waals surface area (Å²) < 4.78 is 5.40. The molecule has 1 aromatic heterocycles. The van der Waals surface area contributed by atoms with E-state index in [4.69, 9.17) is 10.5 Å². The van der Waals surface area contributed by atoms with Crippen LogP contribution in [0, 0.1) is 0 Å². The van der Waals surface area contributed by atoms with Gasteiger partial charge in [-0.15, -0.1) is 0 Å². The van der Waals surface area contributed by atoms with Gasteiger partial charge >= 0.3 is 0 Å². The van der Waals surface area contributed by atoms with Crippen molar-refractivity contribution in [1.29, 1.82) is 0 Å². The first-order valence-corrected chi connectivity index (χ1v) is 9.06. The SMILES string of the molecule is CC(N)CC(=O)NC1CCCN(c2cc(N3CCOCC3)ncn2)C1. The van der Waals surface area contributed by atoms with Crippen molar-refractivity contribution in [2.45, 2.75) is 38.3 Å². The number of anilines is 2. The zero-order chi connectivity index (χ0) is 17.6. The molecule has 0 saturated carbocycles. The van der Waals surface area contributed by atoms with Crippen molar-refractivity contribution in [3.05, 3.63) is 12.4 Å². The van der Waals surface area contributed by atoms with Gasteiger partial charge in [0.25, 0.3) is 0 Å². The van der Waals surface area contributed by atoms with E-state index in [1.54, 1.807) is 6.33 Å². The number of rotatable bonds is 5. The third-order valence-electron chi connectivity index (χ3n) is 4.59. The van der Waals surface area contributed by atoms with Gasteiger partial charge in [0.05, 0.1) is 13.2 Å². The molecule has 8 nitrogen and oxygen atoms in total. The molecule has 3 rings (SSSR count). The monoisotopic (exact) mass is 348 g/mol. The Morgan fingerprint density at radius 3 is 2.76 bits per heavy atom. The minimum absolute atomic E-state index is 0.0264. The number of morpholine rings is 1. The van der Waals surface area contributed by atoms with Crippen molar-refractivity contribution in [1.82, 2.24) is 15.3 Å². The number of hydrogen-bond acceptors (Lipinski definition) is 7. The van der Waals surface area contributed by atoms with Crippen molar-refractivity contribution in [3.8, 4) is 0 Å². The van der Waals surface area contributed by atoms with Crippen molar-refractivity contribution < 1.29 is 9.53 Å². The Bertz CT molecular complexity index is 576. The fourth-order valence-electron chi connectivity index (χ4n) is 3.36. The number of nitrogens with zero attached hydrogens (tertiary/aromatic N) is 4. The van der Waals surface area contributed by atoms with Crippen molar-refractivity contribution >= 4 is 17.5 Å². The van der Waals surface area contributed by atoms with Crippen molar-refractivity contribution in [3.63, 3.8) is 0 Å². The summed E-state index contributed by atoms with van der Waals surface area (Å²) in [6.45, 7) is 6.73. The molecule has 2 fully saturated rings. The van der Waals surface area contributed by atoms with Gasteiger partial charge in [0.1, 0.15) is 18.0 Å². The highest BCUT2D eigenvalue weighted by molar-refractivity contribution is 5.76. The summed E-state index contributed by atoms with van der Waals surface area (Å²) in [5, 5.41) is 3.10. The average molecular weight is 348 g/mol. The lowest BCUT2D eigenvalue weighted by atomic mass is 10.1. The molecule has 3 heterocycles. The minimum atomic E-state index is -0.113. The number of carbonyl (C=O) groups is 1. The van der Waals surface area contributed by atoms with E-state index in [0.29, 0.717) is 6.42 Å². The molecule has 25 heavy (non-hydrogen) atoms. The molecule has 2 aliphatic rings. The zero-order valence-electron chi connectivity index (χ0n) is 14.9. The maximum atomic E-state index is 12.0. The second kappa shape index (κ2) is 8.44. The van der Waals surface area contributed by atoms with E-state index >= 15 is 0 Å². The summed E-state index contributed by atoms with van der Waals surface area (Å²) in [6, 6.07) is 2.07. The summed E-state index contributed by atoms with van der Waals surface area (Å²) in [5.74, 6) is 1.89. The molecule has 0 spiro atoms. The molecular formula is C17H28N6O2. The number of hydrogen-bond donors (Lipinski definition) is 2. The van der Waals surface area contributed by atoms with E-state index in [2.05, 4.69) is 25.1 Å². The first kappa shape index (κ1) is 17.9. The fourth-order valence-corrected chi connectivity index (χ4v) is 3.36. The van der Waals surface area contributed by atoms with Gasteiger partial charge in [-0.1, -0.05) is 0 Å². The van der Waals surface area contributed by atoms with Crippen LogP contribution in [-0.2, 0) is 9.53 Å². The molecule has 2 aliphatic heterocycles. The van der Waals surface area contributed by atoms with Gasteiger partial charge < -0.3 is 25.6 Å². The van der Waals surface area contributed by atoms with E-state index in [0.717, 1.165) is 63.9 Å². The van der Waals surface area contributed by atoms with Gasteiger partial charge in [-0.2, -0.15) is 0 Å². The molecule has 0 aromatic carbocycles. The molecule has 2 saturated heterocycles. The van der Waals surface area contributed by atoms with Crippen LogP contribution in [0.4, 0.5) is 11.6 Å². The molecule has 1 aromatic rings. The smallest absolute Gasteiger partial charge is 0.221 e. The summed E-state index contributed by atoms with van der Waals surface area (Å²) in [6.07, 6.45) is 4.01. The van der Waals surface area contributed by atoms with E-state index in [-0.39, 0.29) is 18.0 Å². The molecule has 138 valence electrons. The highest BCUT2D eigenvalue weighted by Gasteiger charge is 2.23. The predicted molar refractivity (Wildman–Crippen MR) is 96.7 cm³/mol. The Morgan fingerprint density at radius 1 is 1.32 bits per heavy atom. The number of ether oxygens (including phenoxy) is 1. The Labute approximate surface area is 148 Å². The molecule has 0 radical (unpaired) electrons. The predicted octanol–water partition coefficient (Wildman–Crippen LogP) is 0.136. The highest BCUT2D eigenvalue weighted by atomic mass is 16.5. The van der Waals surface area contributed by atoms with Crippen LogP contribution < -0.4 is 20.9 Å². The molecule has 8 heteroatoms. The number of carbonyl (C=O) groups excluding carboxylic acids is 1. The van der Waals surface area contributed by atoms with E-state index in [1.165, 1.54) is 0 Å². The third kappa shape index (κ3) is 5.02. The van der Waals surface area contributed by atoms with Crippen LogP contribution >= 0.6 is 0 Å². The van der Waals surface area contributed by atoms with Crippen LogP contribution in [0.2, 0.25) is 0 Å². The number of nitrogens with one attached hydrogen (secondary N) is 1. The second-order valence-electron chi connectivity index (χ2n) is 6.87. The number of piperidine rings is 1. The summed E-state index contributed by atoms with van der Waals surface area (Å²) in [5.41, 5.74) is 5.70. The highest BCUT2D eigenvalue weighted by Crippen LogP contribution is 2.22. The fraction of sp³-hybridized carbons (Fsp3) is 0.706. The Morgan fingerprint density at radius 2 is 2.04 bits per heavy atom. The van der Waals surface area contributed by atoms with Gasteiger partial charge in [-0.05, 0) is 19.8 Å². The molecule has 2 unspecified atom stereocenters. The van der Waals surface area contributed by atoms with E-state index in [1.807, 2.05) is 13.0 Å². The normalized spacial score (nSPS) is 22.6. The van der Waals surface area contributed by atoms with Crippen molar-refractivity contribution in [2.75, 3.05) is 49.2 Å². The molecule has 3 N–H and O–H groups in total. The molecule has 0 aliphatic carbocycles. The van der Waals surface area contributed by atoms with Gasteiger partial charge in [-0.25, -0.2) is 9.97 Å². The minimum Gasteiger partial charge on any atom is -0.378 e. The third-order valence-corrected chi connectivity index (χ3v) is 4.59. The largest absolute Gasteiger partial charge is 0.378 e. The molecular weight excluding hydrogens is 320 g/mol. The maximum absolute atomic E-state index is 12.0. The maximum Gasteiger partial charge on any atom is 0.221 e. The van der Waals surface area contributed by atoms with Gasteiger partial charge in [0, 0.05) is 50.7 Å². The Kier molecular flexibility index (Phi) is 6.04. The van der Waals surface area contributed by atoms with E-state index < -0.39 is 0 Å². The topological polar surface area (TPSA) is 96.6 Å². The first-order chi connectivity index (χ1) is 12.1. The standard InChI is InChI=1S/C17H28N6O2/c1-13(18)9-17(24)21-14-3-2-4-23(11-14)16-10-15(19-12-20-16)22-5-7-25-8-6-22/h10,12-14H,2-9,11,18H2,1H3,(H,21,24). The lowest BCUT2D eigenvalue weighted by Gasteiger charge is -2.35. The first-order valence-electron chi connectivity index (χ1n) is 9.06. The van der Waals surface area contributed by atoms with E-state index in [9.17, 15) is 4.79 Å². The lowest BCUT2D eigenvalue weighted by molar-refractivity contribution is -0.122. The second-order valence-corrected chi connectivity index (χ2v) is 6.87. The summed E-state index contributed by atoms with van der Waals surface area (Å²) in [7, 11) is 0. The van der Waals surface area contributed by atoms with Crippen LogP contribution in [0.3, 0.4) is 0 Å². The van der Waals surface area contributed by atoms with Gasteiger partial charge in [0.2, 0.25) is 5.91 Å². The Hall–Kier alpha value is -1.93. The molecule has 0 bridgehead atoms. The molecule has 2 atom stereocenters. The number of amides is 1. The van der Waals surface area contributed by atoms with Crippen LogP contribution in [0.25, 0.3) is 0 Å². The quantitative estimate of drug-likeness (QED) is 0.781.